The van der Waals surface area contributed by atoms with Crippen molar-refractivity contribution in [2.45, 2.75) is 6.92 Å². The topological polar surface area (TPSA) is 123 Å². The number of furan rings is 1. The van der Waals surface area contributed by atoms with Crippen molar-refractivity contribution in [3.63, 3.8) is 0 Å². The molecule has 0 bridgehead atoms. The second-order valence-electron chi connectivity index (χ2n) is 4.49. The second-order valence-corrected chi connectivity index (χ2v) is 4.49. The van der Waals surface area contributed by atoms with Crippen LogP contribution in [0.4, 0.5) is 5.69 Å². The van der Waals surface area contributed by atoms with Gasteiger partial charge in [-0.2, -0.15) is 5.26 Å². The van der Waals surface area contributed by atoms with Gasteiger partial charge >= 0.3 is 0 Å². The number of nitrogens with two attached hydrogens (primary N) is 1. The van der Waals surface area contributed by atoms with Gasteiger partial charge in [0.1, 0.15) is 23.2 Å². The summed E-state index contributed by atoms with van der Waals surface area (Å²) in [6.45, 7) is 1.73. The number of rotatable bonds is 4. The molecule has 0 fully saturated rings. The summed E-state index contributed by atoms with van der Waals surface area (Å²) in [7, 11) is 0. The van der Waals surface area contributed by atoms with Gasteiger partial charge in [0.05, 0.1) is 4.92 Å². The molecule has 0 radical (unpaired) electrons. The number of carbonyl (C=O) groups is 1. The Balaban J connectivity index is 2.39. The number of primary amides is 1. The molecule has 0 aliphatic carbocycles. The normalized spacial score (nSPS) is 11.0. The maximum atomic E-state index is 11.0. The molecule has 0 atom stereocenters. The smallest absolute Gasteiger partial charge is 0.269 e. The Kier molecular flexibility index (Phi) is 4.04. The van der Waals surface area contributed by atoms with Crippen molar-refractivity contribution in [2.24, 2.45) is 5.73 Å². The molecule has 0 aliphatic heterocycles. The van der Waals surface area contributed by atoms with Crippen molar-refractivity contribution in [1.82, 2.24) is 0 Å². The Morgan fingerprint density at radius 2 is 2.14 bits per heavy atom. The van der Waals surface area contributed by atoms with Gasteiger partial charge in [-0.15, -0.1) is 0 Å². The lowest BCUT2D eigenvalue weighted by Crippen LogP contribution is -2.12. The molecule has 110 valence electrons. The summed E-state index contributed by atoms with van der Waals surface area (Å²) in [5, 5.41) is 19.5. The third kappa shape index (κ3) is 3.02. The zero-order valence-electron chi connectivity index (χ0n) is 11.6. The Morgan fingerprint density at radius 3 is 2.68 bits per heavy atom. The molecule has 1 amide bonds. The molecule has 0 saturated carbocycles. The van der Waals surface area contributed by atoms with Crippen LogP contribution in [0.3, 0.4) is 0 Å². The van der Waals surface area contributed by atoms with E-state index in [9.17, 15) is 14.9 Å². The van der Waals surface area contributed by atoms with E-state index >= 15 is 0 Å². The van der Waals surface area contributed by atoms with Crippen molar-refractivity contribution in [3.8, 4) is 17.4 Å². The van der Waals surface area contributed by atoms with Crippen LogP contribution in [-0.4, -0.2) is 10.8 Å². The predicted molar refractivity (Wildman–Crippen MR) is 78.3 cm³/mol. The number of amides is 1. The second kappa shape index (κ2) is 5.93. The van der Waals surface area contributed by atoms with Crippen molar-refractivity contribution >= 4 is 17.7 Å². The lowest BCUT2D eigenvalue weighted by atomic mass is 10.1. The van der Waals surface area contributed by atoms with Crippen LogP contribution in [-0.2, 0) is 4.79 Å². The van der Waals surface area contributed by atoms with Crippen molar-refractivity contribution in [2.75, 3.05) is 0 Å². The highest BCUT2D eigenvalue weighted by atomic mass is 16.6. The molecule has 0 spiro atoms. The van der Waals surface area contributed by atoms with E-state index in [-0.39, 0.29) is 11.3 Å². The first kappa shape index (κ1) is 15.0. The van der Waals surface area contributed by atoms with Crippen LogP contribution in [0.5, 0.6) is 0 Å². The van der Waals surface area contributed by atoms with E-state index in [1.807, 2.05) is 0 Å². The molecule has 1 aromatic heterocycles. The van der Waals surface area contributed by atoms with Crippen LogP contribution in [0.2, 0.25) is 0 Å². The Morgan fingerprint density at radius 1 is 1.41 bits per heavy atom. The van der Waals surface area contributed by atoms with E-state index in [2.05, 4.69) is 0 Å². The summed E-state index contributed by atoms with van der Waals surface area (Å²) in [5.74, 6) is -0.0736. The van der Waals surface area contributed by atoms with Gasteiger partial charge in [-0.25, -0.2) is 0 Å². The summed E-state index contributed by atoms with van der Waals surface area (Å²) >= 11 is 0. The predicted octanol–water partition coefficient (Wildman–Crippen LogP) is 2.56. The van der Waals surface area contributed by atoms with Crippen LogP contribution in [0.25, 0.3) is 17.4 Å². The minimum Gasteiger partial charge on any atom is -0.457 e. The number of benzene rings is 1. The van der Waals surface area contributed by atoms with Gasteiger partial charge in [-0.05, 0) is 30.7 Å². The van der Waals surface area contributed by atoms with E-state index in [0.29, 0.717) is 22.6 Å². The van der Waals surface area contributed by atoms with Crippen LogP contribution < -0.4 is 5.73 Å². The third-order valence-electron chi connectivity index (χ3n) is 2.99. The molecule has 2 rings (SSSR count). The van der Waals surface area contributed by atoms with Gasteiger partial charge in [-0.3, -0.25) is 14.9 Å². The Hall–Kier alpha value is -3.40. The summed E-state index contributed by atoms with van der Waals surface area (Å²) in [6, 6.07) is 9.31. The van der Waals surface area contributed by atoms with E-state index in [0.717, 1.165) is 0 Å². The summed E-state index contributed by atoms with van der Waals surface area (Å²) in [5.41, 5.74) is 6.18. The summed E-state index contributed by atoms with van der Waals surface area (Å²) in [4.78, 5) is 21.2. The highest BCUT2D eigenvalue weighted by molar-refractivity contribution is 6.00. The maximum Gasteiger partial charge on any atom is 0.269 e. The van der Waals surface area contributed by atoms with Gasteiger partial charge in [0.2, 0.25) is 0 Å². The molecule has 1 heterocycles. The van der Waals surface area contributed by atoms with Gasteiger partial charge in [0, 0.05) is 23.8 Å². The van der Waals surface area contributed by atoms with Crippen molar-refractivity contribution < 1.29 is 14.1 Å². The molecule has 2 aromatic rings. The number of nitro groups is 1. The zero-order chi connectivity index (χ0) is 16.3. The molecule has 1 aromatic carbocycles. The average molecular weight is 297 g/mol. The first-order chi connectivity index (χ1) is 10.4. The molecular weight excluding hydrogens is 286 g/mol. The lowest BCUT2D eigenvalue weighted by Gasteiger charge is -2.02. The lowest BCUT2D eigenvalue weighted by molar-refractivity contribution is -0.384. The number of carbonyl (C=O) groups excluding carboxylic acids is 1. The maximum absolute atomic E-state index is 11.0. The van der Waals surface area contributed by atoms with Gasteiger partial charge < -0.3 is 10.2 Å². The largest absolute Gasteiger partial charge is 0.457 e. The van der Waals surface area contributed by atoms with E-state index in [1.54, 1.807) is 31.2 Å². The molecule has 0 saturated heterocycles. The third-order valence-corrected chi connectivity index (χ3v) is 2.99. The van der Waals surface area contributed by atoms with Crippen molar-refractivity contribution in [1.29, 1.82) is 5.26 Å². The number of nitriles is 1. The van der Waals surface area contributed by atoms with E-state index in [4.69, 9.17) is 15.4 Å². The minimum absolute atomic E-state index is 0.00609. The highest BCUT2D eigenvalue weighted by Gasteiger charge is 2.12. The SMILES string of the molecule is Cc1cc([N+](=O)[O-])ccc1-c1ccc(C=C(C#N)C(N)=O)o1. The summed E-state index contributed by atoms with van der Waals surface area (Å²) in [6.07, 6.45) is 1.24. The molecular formula is C15H11N3O4. The Labute approximate surface area is 125 Å². The standard InChI is InChI=1S/C15H11N3O4/c1-9-6-11(18(20)21)2-4-13(9)14-5-3-12(22-14)7-10(8-16)15(17)19/h2-7H,1H3,(H2,17,19). The fourth-order valence-corrected chi connectivity index (χ4v) is 1.91. The van der Waals surface area contributed by atoms with Gasteiger partial charge in [0.15, 0.2) is 0 Å². The van der Waals surface area contributed by atoms with E-state index in [1.165, 1.54) is 18.2 Å². The first-order valence-electron chi connectivity index (χ1n) is 6.19. The minimum atomic E-state index is -0.841. The van der Waals surface area contributed by atoms with Crippen LogP contribution >= 0.6 is 0 Å². The molecule has 22 heavy (non-hydrogen) atoms. The number of nitrogens with zero attached hydrogens (tertiary/aromatic N) is 2. The zero-order valence-corrected chi connectivity index (χ0v) is 11.6. The molecule has 7 heteroatoms. The monoisotopic (exact) mass is 297 g/mol. The first-order valence-corrected chi connectivity index (χ1v) is 6.19. The van der Waals surface area contributed by atoms with E-state index < -0.39 is 10.8 Å². The number of nitro benzene ring substituents is 1. The van der Waals surface area contributed by atoms with Crippen LogP contribution in [0.1, 0.15) is 11.3 Å². The van der Waals surface area contributed by atoms with Gasteiger partial charge in [0.25, 0.3) is 11.6 Å². The van der Waals surface area contributed by atoms with Crippen LogP contribution in [0.15, 0.2) is 40.3 Å². The molecule has 0 unspecified atom stereocenters. The molecule has 2 N–H and O–H groups in total. The van der Waals surface area contributed by atoms with Crippen LogP contribution in [0, 0.1) is 28.4 Å². The summed E-state index contributed by atoms with van der Waals surface area (Å²) < 4.78 is 5.53. The fraction of sp³-hybridized carbons (Fsp3) is 0.0667. The molecule has 7 nitrogen and oxygen atoms in total. The van der Waals surface area contributed by atoms with Gasteiger partial charge in [-0.1, -0.05) is 0 Å². The number of hydrogen-bond donors (Lipinski definition) is 1. The average Bonchev–Trinajstić information content (AvgIpc) is 2.92. The van der Waals surface area contributed by atoms with Crippen molar-refractivity contribution in [3.05, 3.63) is 57.3 Å². The number of aryl methyl sites for hydroxylation is 1. The highest BCUT2D eigenvalue weighted by Crippen LogP contribution is 2.29. The quantitative estimate of drug-likeness (QED) is 0.402. The Bertz CT molecular complexity index is 828. The fourth-order valence-electron chi connectivity index (χ4n) is 1.91. The number of hydrogen-bond acceptors (Lipinski definition) is 5. The number of non-ortho nitro benzene ring substituents is 1. The molecule has 0 aliphatic rings.